The molecule has 0 aromatic rings. The van der Waals surface area contributed by atoms with Crippen molar-refractivity contribution in [3.05, 3.63) is 0 Å². The Kier molecular flexibility index (Phi) is 11.7. The largest absolute Gasteiger partial charge is 0.395 e. The molecular weight excluding hydrogens is 256 g/mol. The summed E-state index contributed by atoms with van der Waals surface area (Å²) in [5.41, 5.74) is 0. The van der Waals surface area contributed by atoms with Gasteiger partial charge in [-0.25, -0.2) is 0 Å². The number of hydrogen-bond donors (Lipinski definition) is 2. The van der Waals surface area contributed by atoms with Crippen molar-refractivity contribution >= 4 is 5.91 Å². The van der Waals surface area contributed by atoms with Crippen LogP contribution in [0.4, 0.5) is 0 Å². The van der Waals surface area contributed by atoms with E-state index in [4.69, 9.17) is 9.84 Å². The van der Waals surface area contributed by atoms with E-state index >= 15 is 0 Å². The molecule has 20 heavy (non-hydrogen) atoms. The van der Waals surface area contributed by atoms with E-state index in [0.717, 1.165) is 12.8 Å². The van der Waals surface area contributed by atoms with Gasteiger partial charge in [-0.15, -0.1) is 0 Å². The van der Waals surface area contributed by atoms with E-state index in [-0.39, 0.29) is 18.6 Å². The summed E-state index contributed by atoms with van der Waals surface area (Å²) < 4.78 is 5.00. The maximum absolute atomic E-state index is 11.9. The van der Waals surface area contributed by atoms with E-state index in [1.807, 2.05) is 11.8 Å². The van der Waals surface area contributed by atoms with Gasteiger partial charge in [-0.2, -0.15) is 0 Å². The number of methoxy groups -OCH3 is 1. The maximum Gasteiger partial charge on any atom is 0.234 e. The van der Waals surface area contributed by atoms with Crippen molar-refractivity contribution in [2.75, 3.05) is 40.0 Å². The molecule has 0 bridgehead atoms. The van der Waals surface area contributed by atoms with Crippen LogP contribution in [0.1, 0.15) is 40.0 Å². The zero-order valence-corrected chi connectivity index (χ0v) is 13.5. The fourth-order valence-electron chi connectivity index (χ4n) is 2.06. The lowest BCUT2D eigenvalue weighted by atomic mass is 10.0. The Morgan fingerprint density at radius 2 is 1.95 bits per heavy atom. The summed E-state index contributed by atoms with van der Waals surface area (Å²) in [4.78, 5) is 13.8. The number of carbonyl (C=O) groups excluding carboxylic acids is 1. The summed E-state index contributed by atoms with van der Waals surface area (Å²) in [5.74, 6) is 0.735. The fourth-order valence-corrected chi connectivity index (χ4v) is 2.06. The summed E-state index contributed by atoms with van der Waals surface area (Å²) in [6, 6.07) is 0.208. The summed E-state index contributed by atoms with van der Waals surface area (Å²) in [6.45, 7) is 8.57. The second-order valence-electron chi connectivity index (χ2n) is 5.79. The van der Waals surface area contributed by atoms with E-state index in [2.05, 4.69) is 19.2 Å². The SMILES string of the molecule is COCCN(CCO)CC(=O)NC(C)CCCC(C)C. The monoisotopic (exact) mass is 288 g/mol. The van der Waals surface area contributed by atoms with E-state index in [1.165, 1.54) is 6.42 Å². The molecule has 0 aliphatic heterocycles. The number of aliphatic hydroxyl groups is 1. The molecule has 0 heterocycles. The molecule has 120 valence electrons. The van der Waals surface area contributed by atoms with Crippen LogP contribution in [-0.2, 0) is 9.53 Å². The molecule has 0 aromatic carbocycles. The highest BCUT2D eigenvalue weighted by atomic mass is 16.5. The van der Waals surface area contributed by atoms with Crippen LogP contribution in [0.2, 0.25) is 0 Å². The van der Waals surface area contributed by atoms with Crippen LogP contribution in [0.5, 0.6) is 0 Å². The Balaban J connectivity index is 3.91. The standard InChI is InChI=1S/C15H32N2O3/c1-13(2)6-5-7-14(3)16-15(19)12-17(8-10-18)9-11-20-4/h13-14,18H,5-12H2,1-4H3,(H,16,19). The molecule has 0 aliphatic carbocycles. The molecule has 0 fully saturated rings. The zero-order chi connectivity index (χ0) is 15.4. The smallest absolute Gasteiger partial charge is 0.234 e. The number of aliphatic hydroxyl groups excluding tert-OH is 1. The molecule has 0 aliphatic rings. The van der Waals surface area contributed by atoms with Crippen molar-refractivity contribution in [1.29, 1.82) is 0 Å². The van der Waals surface area contributed by atoms with Gasteiger partial charge in [0.05, 0.1) is 19.8 Å². The van der Waals surface area contributed by atoms with Crippen molar-refractivity contribution in [2.24, 2.45) is 5.92 Å². The van der Waals surface area contributed by atoms with E-state index < -0.39 is 0 Å². The van der Waals surface area contributed by atoms with Gasteiger partial charge in [-0.05, 0) is 19.3 Å². The Labute approximate surface area is 123 Å². The van der Waals surface area contributed by atoms with Gasteiger partial charge < -0.3 is 15.2 Å². The Morgan fingerprint density at radius 3 is 2.50 bits per heavy atom. The minimum atomic E-state index is 0.0200. The van der Waals surface area contributed by atoms with Crippen molar-refractivity contribution < 1.29 is 14.6 Å². The van der Waals surface area contributed by atoms with Gasteiger partial charge in [0.2, 0.25) is 5.91 Å². The lowest BCUT2D eigenvalue weighted by Crippen LogP contribution is -2.43. The van der Waals surface area contributed by atoms with Crippen LogP contribution in [0.3, 0.4) is 0 Å². The molecule has 1 amide bonds. The first kappa shape index (κ1) is 19.4. The van der Waals surface area contributed by atoms with Crippen molar-refractivity contribution in [3.63, 3.8) is 0 Å². The third-order valence-electron chi connectivity index (χ3n) is 3.22. The van der Waals surface area contributed by atoms with Crippen LogP contribution < -0.4 is 5.32 Å². The third-order valence-corrected chi connectivity index (χ3v) is 3.22. The van der Waals surface area contributed by atoms with E-state index in [1.54, 1.807) is 7.11 Å². The first-order chi connectivity index (χ1) is 9.49. The van der Waals surface area contributed by atoms with Crippen molar-refractivity contribution in [1.82, 2.24) is 10.2 Å². The molecule has 0 saturated heterocycles. The van der Waals surface area contributed by atoms with Gasteiger partial charge >= 0.3 is 0 Å². The molecule has 2 N–H and O–H groups in total. The summed E-state index contributed by atoms with van der Waals surface area (Å²) >= 11 is 0. The highest BCUT2D eigenvalue weighted by Gasteiger charge is 2.12. The molecule has 0 aromatic heterocycles. The number of rotatable bonds is 12. The predicted molar refractivity (Wildman–Crippen MR) is 81.7 cm³/mol. The molecule has 0 radical (unpaired) electrons. The number of amides is 1. The Morgan fingerprint density at radius 1 is 1.25 bits per heavy atom. The number of carbonyl (C=O) groups is 1. The molecule has 1 atom stereocenters. The zero-order valence-electron chi connectivity index (χ0n) is 13.5. The van der Waals surface area contributed by atoms with E-state index in [9.17, 15) is 4.79 Å². The quantitative estimate of drug-likeness (QED) is 0.567. The van der Waals surface area contributed by atoms with Crippen LogP contribution in [0.25, 0.3) is 0 Å². The van der Waals surface area contributed by atoms with E-state index in [0.29, 0.717) is 32.2 Å². The van der Waals surface area contributed by atoms with Gasteiger partial charge in [-0.1, -0.05) is 26.7 Å². The number of hydrogen-bond acceptors (Lipinski definition) is 4. The minimum absolute atomic E-state index is 0.0200. The number of nitrogens with zero attached hydrogens (tertiary/aromatic N) is 1. The second-order valence-corrected chi connectivity index (χ2v) is 5.79. The molecule has 5 nitrogen and oxygen atoms in total. The minimum Gasteiger partial charge on any atom is -0.395 e. The van der Waals surface area contributed by atoms with Gasteiger partial charge in [-0.3, -0.25) is 9.69 Å². The van der Waals surface area contributed by atoms with Crippen LogP contribution >= 0.6 is 0 Å². The van der Waals surface area contributed by atoms with Crippen LogP contribution in [0, 0.1) is 5.92 Å². The highest BCUT2D eigenvalue weighted by molar-refractivity contribution is 5.78. The first-order valence-corrected chi connectivity index (χ1v) is 7.61. The second kappa shape index (κ2) is 12.1. The maximum atomic E-state index is 11.9. The van der Waals surface area contributed by atoms with Crippen molar-refractivity contribution in [3.8, 4) is 0 Å². The molecule has 0 saturated carbocycles. The fraction of sp³-hybridized carbons (Fsp3) is 0.933. The molecule has 0 rings (SSSR count). The summed E-state index contributed by atoms with van der Waals surface area (Å²) in [6.07, 6.45) is 3.36. The lowest BCUT2D eigenvalue weighted by molar-refractivity contribution is -0.123. The van der Waals surface area contributed by atoms with Crippen LogP contribution in [-0.4, -0.2) is 61.9 Å². The average molecular weight is 288 g/mol. The summed E-state index contributed by atoms with van der Waals surface area (Å²) in [7, 11) is 1.63. The molecule has 5 heteroatoms. The van der Waals surface area contributed by atoms with Gasteiger partial charge in [0.1, 0.15) is 0 Å². The van der Waals surface area contributed by atoms with Crippen LogP contribution in [0.15, 0.2) is 0 Å². The molecule has 1 unspecified atom stereocenters. The molecule has 0 spiro atoms. The lowest BCUT2D eigenvalue weighted by Gasteiger charge is -2.22. The summed E-state index contributed by atoms with van der Waals surface area (Å²) in [5, 5.41) is 12.0. The van der Waals surface area contributed by atoms with Crippen molar-refractivity contribution in [2.45, 2.75) is 46.1 Å². The average Bonchev–Trinajstić information content (AvgIpc) is 2.35. The van der Waals surface area contributed by atoms with Gasteiger partial charge in [0, 0.05) is 26.2 Å². The normalized spacial score (nSPS) is 12.9. The predicted octanol–water partition coefficient (Wildman–Crippen LogP) is 1.26. The molecular formula is C15H32N2O3. The Hall–Kier alpha value is -0.650. The third kappa shape index (κ3) is 11.2. The Bertz CT molecular complexity index is 247. The highest BCUT2D eigenvalue weighted by Crippen LogP contribution is 2.08. The van der Waals surface area contributed by atoms with Gasteiger partial charge in [0.25, 0.3) is 0 Å². The topological polar surface area (TPSA) is 61.8 Å². The van der Waals surface area contributed by atoms with Gasteiger partial charge in [0.15, 0.2) is 0 Å². The number of nitrogens with one attached hydrogen (secondary N) is 1. The first-order valence-electron chi connectivity index (χ1n) is 7.61. The number of ether oxygens (including phenoxy) is 1.